The van der Waals surface area contributed by atoms with Gasteiger partial charge >= 0.3 is 0 Å². The molecule has 0 radical (unpaired) electrons. The lowest BCUT2D eigenvalue weighted by atomic mass is 10.1. The second-order valence-corrected chi connectivity index (χ2v) is 9.08. The summed E-state index contributed by atoms with van der Waals surface area (Å²) in [6.07, 6.45) is 2.53. The number of methoxy groups -OCH3 is 1. The summed E-state index contributed by atoms with van der Waals surface area (Å²) in [6, 6.07) is 1.27. The van der Waals surface area contributed by atoms with Crippen LogP contribution in [0, 0.1) is 5.82 Å². The zero-order valence-corrected chi connectivity index (χ0v) is 18.7. The van der Waals surface area contributed by atoms with E-state index in [9.17, 15) is 14.7 Å². The molecule has 0 amide bonds. The maximum Gasteiger partial charge on any atom is 0.202 e. The number of carbonyl (C=O) groups excluding carboxylic acids is 1. The fraction of sp³-hybridized carbons (Fsp3) is 0.429. The first-order valence-corrected chi connectivity index (χ1v) is 10.8. The SMILES string of the molecule is COc1c(N2CC[C@H](N)C2)c(F)cc2c(=O)c3c(O)c(C(C)=O)sc3n(C3CC3)c12.Cl. The summed E-state index contributed by atoms with van der Waals surface area (Å²) in [4.78, 5) is 27.8. The van der Waals surface area contributed by atoms with Gasteiger partial charge in [0.25, 0.3) is 0 Å². The van der Waals surface area contributed by atoms with Gasteiger partial charge in [0.05, 0.1) is 18.0 Å². The molecule has 3 aromatic rings. The van der Waals surface area contributed by atoms with Crippen LogP contribution in [0.2, 0.25) is 0 Å². The fourth-order valence-electron chi connectivity index (χ4n) is 4.44. The van der Waals surface area contributed by atoms with E-state index >= 15 is 4.39 Å². The summed E-state index contributed by atoms with van der Waals surface area (Å²) in [5, 5.41) is 10.8. The van der Waals surface area contributed by atoms with E-state index in [0.717, 1.165) is 30.6 Å². The Balaban J connectivity index is 0.00000231. The van der Waals surface area contributed by atoms with Gasteiger partial charge in [0.15, 0.2) is 23.1 Å². The minimum Gasteiger partial charge on any atom is -0.505 e. The van der Waals surface area contributed by atoms with E-state index in [1.165, 1.54) is 20.1 Å². The molecule has 7 nitrogen and oxygen atoms in total. The van der Waals surface area contributed by atoms with E-state index < -0.39 is 11.2 Å². The van der Waals surface area contributed by atoms with Crippen LogP contribution in [0.5, 0.6) is 11.5 Å². The van der Waals surface area contributed by atoms with Crippen molar-refractivity contribution >= 4 is 56.3 Å². The molecule has 5 rings (SSSR count). The van der Waals surface area contributed by atoms with Crippen LogP contribution in [0.1, 0.15) is 41.9 Å². The van der Waals surface area contributed by atoms with Gasteiger partial charge in [-0.05, 0) is 25.3 Å². The Morgan fingerprint density at radius 1 is 1.35 bits per heavy atom. The number of rotatable bonds is 4. The number of carbonyl (C=O) groups is 1. The number of pyridine rings is 1. The molecule has 10 heteroatoms. The van der Waals surface area contributed by atoms with Crippen molar-refractivity contribution in [3.8, 4) is 11.5 Å². The van der Waals surface area contributed by atoms with Crippen molar-refractivity contribution < 1.29 is 19.0 Å². The summed E-state index contributed by atoms with van der Waals surface area (Å²) in [6.45, 7) is 2.46. The lowest BCUT2D eigenvalue weighted by molar-refractivity contribution is 0.101. The first kappa shape index (κ1) is 21.9. The number of hydrogen-bond donors (Lipinski definition) is 2. The number of thiophene rings is 1. The van der Waals surface area contributed by atoms with Crippen LogP contribution >= 0.6 is 23.7 Å². The number of hydrogen-bond acceptors (Lipinski definition) is 7. The predicted molar refractivity (Wildman–Crippen MR) is 122 cm³/mol. The molecule has 0 bridgehead atoms. The number of benzene rings is 1. The van der Waals surface area contributed by atoms with E-state index in [1.54, 1.807) is 0 Å². The van der Waals surface area contributed by atoms with Crippen molar-refractivity contribution in [3.05, 3.63) is 27.0 Å². The number of fused-ring (bicyclic) bond motifs is 2. The van der Waals surface area contributed by atoms with E-state index in [4.69, 9.17) is 10.5 Å². The van der Waals surface area contributed by atoms with Crippen LogP contribution in [-0.4, -0.2) is 41.7 Å². The molecular formula is C21H23ClFN3O4S. The zero-order valence-electron chi connectivity index (χ0n) is 17.1. The number of aromatic nitrogens is 1. The molecule has 2 aliphatic rings. The third-order valence-electron chi connectivity index (χ3n) is 5.96. The van der Waals surface area contributed by atoms with Gasteiger partial charge in [-0.25, -0.2) is 4.39 Å². The number of nitrogens with zero attached hydrogens (tertiary/aromatic N) is 2. The largest absolute Gasteiger partial charge is 0.505 e. The van der Waals surface area contributed by atoms with Gasteiger partial charge in [-0.2, -0.15) is 0 Å². The lowest BCUT2D eigenvalue weighted by Crippen LogP contribution is -2.27. The Morgan fingerprint density at radius 2 is 2.06 bits per heavy atom. The van der Waals surface area contributed by atoms with E-state index in [0.29, 0.717) is 34.9 Å². The molecule has 1 saturated heterocycles. The van der Waals surface area contributed by atoms with Crippen LogP contribution < -0.4 is 20.8 Å². The zero-order chi connectivity index (χ0) is 21.3. The van der Waals surface area contributed by atoms with Gasteiger partial charge < -0.3 is 25.0 Å². The Bertz CT molecular complexity index is 1280. The van der Waals surface area contributed by atoms with Gasteiger partial charge in [-0.3, -0.25) is 9.59 Å². The summed E-state index contributed by atoms with van der Waals surface area (Å²) in [7, 11) is 1.46. The molecule has 1 aromatic carbocycles. The molecule has 0 unspecified atom stereocenters. The minimum absolute atomic E-state index is 0. The van der Waals surface area contributed by atoms with Gasteiger partial charge in [-0.15, -0.1) is 23.7 Å². The van der Waals surface area contributed by atoms with Crippen LogP contribution in [0.25, 0.3) is 21.1 Å². The number of aromatic hydroxyl groups is 1. The average molecular weight is 468 g/mol. The van der Waals surface area contributed by atoms with Crippen molar-refractivity contribution in [3.63, 3.8) is 0 Å². The van der Waals surface area contributed by atoms with Gasteiger partial charge in [0.2, 0.25) is 5.43 Å². The molecule has 1 aliphatic carbocycles. The Labute approximate surface area is 187 Å². The number of ether oxygens (including phenoxy) is 1. The van der Waals surface area contributed by atoms with Crippen molar-refractivity contribution in [1.82, 2.24) is 4.57 Å². The van der Waals surface area contributed by atoms with E-state index in [2.05, 4.69) is 0 Å². The van der Waals surface area contributed by atoms with Crippen LogP contribution in [-0.2, 0) is 0 Å². The van der Waals surface area contributed by atoms with Crippen molar-refractivity contribution in [2.24, 2.45) is 5.73 Å². The number of anilines is 1. The van der Waals surface area contributed by atoms with Crippen molar-refractivity contribution in [2.45, 2.75) is 38.3 Å². The molecule has 1 saturated carbocycles. The lowest BCUT2D eigenvalue weighted by Gasteiger charge is -2.24. The maximum atomic E-state index is 15.3. The highest BCUT2D eigenvalue weighted by molar-refractivity contribution is 7.21. The molecule has 0 spiro atoms. The standard InChI is InChI=1S/C21H22FN3O4S.ClH/c1-9(26)20-18(28)14-17(27)12-7-13(22)16(24-6-5-10(23)8-24)19(29-2)15(12)25(11-3-4-11)21(14)30-20;/h7,10-11,28H,3-6,8,23H2,1-2H3;1H/t10-;/m0./s1. The second-order valence-electron chi connectivity index (χ2n) is 8.08. The third-order valence-corrected chi connectivity index (χ3v) is 7.23. The van der Waals surface area contributed by atoms with E-state index in [1.807, 2.05) is 9.47 Å². The van der Waals surface area contributed by atoms with Crippen molar-refractivity contribution in [2.75, 3.05) is 25.1 Å². The third kappa shape index (κ3) is 3.18. The normalized spacial score (nSPS) is 18.6. The summed E-state index contributed by atoms with van der Waals surface area (Å²) >= 11 is 1.10. The Morgan fingerprint density at radius 3 is 2.61 bits per heavy atom. The average Bonchev–Trinajstić information content (AvgIpc) is 3.35. The van der Waals surface area contributed by atoms with Gasteiger partial charge in [-0.1, -0.05) is 0 Å². The first-order chi connectivity index (χ1) is 14.3. The fourth-order valence-corrected chi connectivity index (χ4v) is 5.60. The molecular weight excluding hydrogens is 445 g/mol. The molecule has 1 aliphatic heterocycles. The van der Waals surface area contributed by atoms with Crippen LogP contribution in [0.15, 0.2) is 10.9 Å². The molecule has 166 valence electrons. The predicted octanol–water partition coefficient (Wildman–Crippen LogP) is 3.57. The molecule has 2 fully saturated rings. The minimum atomic E-state index is -0.561. The monoisotopic (exact) mass is 467 g/mol. The summed E-state index contributed by atoms with van der Waals surface area (Å²) in [5.74, 6) is -0.904. The van der Waals surface area contributed by atoms with Crippen molar-refractivity contribution in [1.29, 1.82) is 0 Å². The highest BCUT2D eigenvalue weighted by atomic mass is 35.5. The topological polar surface area (TPSA) is 97.8 Å². The number of halogens is 2. The molecule has 3 heterocycles. The Kier molecular flexibility index (Phi) is 5.39. The molecule has 2 aromatic heterocycles. The highest BCUT2D eigenvalue weighted by Gasteiger charge is 2.34. The summed E-state index contributed by atoms with van der Waals surface area (Å²) in [5.41, 5.74) is 6.34. The number of ketones is 1. The highest BCUT2D eigenvalue weighted by Crippen LogP contribution is 2.48. The van der Waals surface area contributed by atoms with Crippen LogP contribution in [0.3, 0.4) is 0 Å². The molecule has 3 N–H and O–H groups in total. The second kappa shape index (κ2) is 7.65. The first-order valence-electron chi connectivity index (χ1n) is 9.95. The molecule has 31 heavy (non-hydrogen) atoms. The maximum absolute atomic E-state index is 15.3. The Hall–Kier alpha value is -2.36. The smallest absolute Gasteiger partial charge is 0.202 e. The summed E-state index contributed by atoms with van der Waals surface area (Å²) < 4.78 is 22.9. The quantitative estimate of drug-likeness (QED) is 0.569. The van der Waals surface area contributed by atoms with Gasteiger partial charge in [0.1, 0.15) is 20.8 Å². The number of Topliss-reactive ketones (excluding diaryl/α,β-unsaturated/α-hetero) is 1. The van der Waals surface area contributed by atoms with Gasteiger partial charge in [0, 0.05) is 32.1 Å². The molecule has 1 atom stereocenters. The number of nitrogens with two attached hydrogens (primary N) is 1. The van der Waals surface area contributed by atoms with E-state index in [-0.39, 0.29) is 51.7 Å². The van der Waals surface area contributed by atoms with Crippen LogP contribution in [0.4, 0.5) is 10.1 Å².